The predicted octanol–water partition coefficient (Wildman–Crippen LogP) is 2.50. The zero-order valence-electron chi connectivity index (χ0n) is 11.4. The number of hydrogen-bond acceptors (Lipinski definition) is 3. The summed E-state index contributed by atoms with van der Waals surface area (Å²) in [6.45, 7) is 1.88. The van der Waals surface area contributed by atoms with Gasteiger partial charge in [0, 0.05) is 5.75 Å². The molecule has 3 nitrogen and oxygen atoms in total. The molecule has 0 aromatic heterocycles. The first-order chi connectivity index (χ1) is 9.03. The topological polar surface area (TPSA) is 54.4 Å². The minimum atomic E-state index is -2.94. The van der Waals surface area contributed by atoms with E-state index in [9.17, 15) is 13.5 Å². The molecule has 0 amide bonds. The summed E-state index contributed by atoms with van der Waals surface area (Å²) >= 11 is 0. The number of fused-ring (bicyclic) bond motifs is 1. The summed E-state index contributed by atoms with van der Waals surface area (Å²) in [6, 6.07) is 7.91. The van der Waals surface area contributed by atoms with Gasteiger partial charge in [0.15, 0.2) is 0 Å². The first kappa shape index (κ1) is 14.5. The third-order valence-corrected chi connectivity index (χ3v) is 5.81. The predicted molar refractivity (Wildman–Crippen MR) is 76.8 cm³/mol. The van der Waals surface area contributed by atoms with E-state index in [1.54, 1.807) is 0 Å². The maximum absolute atomic E-state index is 11.7. The molecule has 19 heavy (non-hydrogen) atoms. The second-order valence-corrected chi connectivity index (χ2v) is 7.69. The quantitative estimate of drug-likeness (QED) is 0.902. The number of benzene rings is 1. The second-order valence-electron chi connectivity index (χ2n) is 5.38. The van der Waals surface area contributed by atoms with Gasteiger partial charge in [-0.3, -0.25) is 0 Å². The first-order valence-electron chi connectivity index (χ1n) is 7.00. The molecule has 0 spiro atoms. The molecule has 1 N–H and O–H groups in total. The van der Waals surface area contributed by atoms with Crippen LogP contribution in [0.25, 0.3) is 0 Å². The lowest BCUT2D eigenvalue weighted by molar-refractivity contribution is 0.0918. The van der Waals surface area contributed by atoms with Crippen LogP contribution in [-0.4, -0.2) is 25.0 Å². The van der Waals surface area contributed by atoms with Gasteiger partial charge in [-0.15, -0.1) is 0 Å². The van der Waals surface area contributed by atoms with Crippen LogP contribution in [0.15, 0.2) is 24.3 Å². The van der Waals surface area contributed by atoms with Gasteiger partial charge in [-0.25, -0.2) is 8.42 Å². The number of rotatable bonds is 5. The van der Waals surface area contributed by atoms with Crippen molar-refractivity contribution in [3.8, 4) is 0 Å². The highest BCUT2D eigenvalue weighted by Crippen LogP contribution is 2.36. The zero-order chi connectivity index (χ0) is 13.9. The average molecular weight is 282 g/mol. The van der Waals surface area contributed by atoms with Gasteiger partial charge in [0.25, 0.3) is 0 Å². The molecule has 0 radical (unpaired) electrons. The van der Waals surface area contributed by atoms with Gasteiger partial charge >= 0.3 is 0 Å². The van der Waals surface area contributed by atoms with Gasteiger partial charge in [0.2, 0.25) is 0 Å². The number of aliphatic hydroxyl groups is 1. The highest BCUT2D eigenvalue weighted by atomic mass is 32.2. The smallest absolute Gasteiger partial charge is 0.150 e. The summed E-state index contributed by atoms with van der Waals surface area (Å²) in [4.78, 5) is 0. The van der Waals surface area contributed by atoms with Crippen molar-refractivity contribution in [3.05, 3.63) is 35.4 Å². The van der Waals surface area contributed by atoms with Crippen LogP contribution in [0.3, 0.4) is 0 Å². The molecule has 0 bridgehead atoms. The largest absolute Gasteiger partial charge is 0.388 e. The minimum Gasteiger partial charge on any atom is -0.388 e. The van der Waals surface area contributed by atoms with E-state index in [1.807, 2.05) is 31.2 Å². The first-order valence-corrected chi connectivity index (χ1v) is 8.82. The van der Waals surface area contributed by atoms with Crippen molar-refractivity contribution in [2.24, 2.45) is 5.92 Å². The van der Waals surface area contributed by atoms with E-state index in [2.05, 4.69) is 0 Å². The molecule has 2 unspecified atom stereocenters. The van der Waals surface area contributed by atoms with Crippen LogP contribution in [0, 0.1) is 5.92 Å². The Labute approximate surface area is 115 Å². The Morgan fingerprint density at radius 1 is 1.26 bits per heavy atom. The molecule has 2 rings (SSSR count). The van der Waals surface area contributed by atoms with E-state index in [-0.39, 0.29) is 17.4 Å². The van der Waals surface area contributed by atoms with Gasteiger partial charge in [0.05, 0.1) is 11.9 Å². The van der Waals surface area contributed by atoms with Crippen molar-refractivity contribution in [3.63, 3.8) is 0 Å². The molecular formula is C15H22O3S. The van der Waals surface area contributed by atoms with Crippen LogP contribution in [0.2, 0.25) is 0 Å². The third-order valence-electron chi connectivity index (χ3n) is 3.92. The van der Waals surface area contributed by atoms with Gasteiger partial charge in [-0.2, -0.15) is 0 Å². The number of aliphatic hydroxyl groups excluding tert-OH is 1. The second kappa shape index (κ2) is 6.06. The van der Waals surface area contributed by atoms with Gasteiger partial charge in [-0.05, 0) is 42.7 Å². The van der Waals surface area contributed by atoms with E-state index in [1.165, 1.54) is 5.56 Å². The molecule has 1 aliphatic rings. The Kier molecular flexibility index (Phi) is 4.63. The van der Waals surface area contributed by atoms with Crippen LogP contribution in [0.1, 0.15) is 43.4 Å². The van der Waals surface area contributed by atoms with Crippen LogP contribution >= 0.6 is 0 Å². The molecule has 106 valence electrons. The van der Waals surface area contributed by atoms with Crippen molar-refractivity contribution in [1.29, 1.82) is 0 Å². The van der Waals surface area contributed by atoms with Crippen molar-refractivity contribution in [1.82, 2.24) is 0 Å². The molecule has 4 heteroatoms. The Morgan fingerprint density at radius 3 is 2.74 bits per heavy atom. The molecule has 0 heterocycles. The van der Waals surface area contributed by atoms with E-state index in [0.29, 0.717) is 12.8 Å². The van der Waals surface area contributed by atoms with E-state index in [4.69, 9.17) is 0 Å². The van der Waals surface area contributed by atoms with Crippen molar-refractivity contribution < 1.29 is 13.5 Å². The standard InChI is InChI=1S/C15H22O3S/c1-2-10-19(17,18)11-9-13-8-7-12-5-3-4-6-14(12)15(13)16/h3-6,13,15-16H,2,7-11H2,1H3. The highest BCUT2D eigenvalue weighted by Gasteiger charge is 2.28. The highest BCUT2D eigenvalue weighted by molar-refractivity contribution is 7.91. The van der Waals surface area contributed by atoms with E-state index >= 15 is 0 Å². The van der Waals surface area contributed by atoms with Crippen LogP contribution < -0.4 is 0 Å². The molecule has 1 aromatic carbocycles. The fourth-order valence-electron chi connectivity index (χ4n) is 2.85. The lowest BCUT2D eigenvalue weighted by Gasteiger charge is -2.30. The minimum absolute atomic E-state index is 0.0709. The molecule has 1 aromatic rings. The molecule has 0 aliphatic heterocycles. The summed E-state index contributed by atoms with van der Waals surface area (Å²) in [7, 11) is -2.94. The van der Waals surface area contributed by atoms with Crippen molar-refractivity contribution >= 4 is 9.84 Å². The fraction of sp³-hybridized carbons (Fsp3) is 0.600. The lowest BCUT2D eigenvalue weighted by Crippen LogP contribution is -2.23. The normalized spacial score (nSPS) is 23.1. The summed E-state index contributed by atoms with van der Waals surface area (Å²) in [5.74, 6) is 0.526. The SMILES string of the molecule is CCCS(=O)(=O)CCC1CCc2ccccc2C1O. The Morgan fingerprint density at radius 2 is 2.00 bits per heavy atom. The van der Waals surface area contributed by atoms with Crippen molar-refractivity contribution in [2.45, 2.75) is 38.7 Å². The fourth-order valence-corrected chi connectivity index (χ4v) is 4.34. The van der Waals surface area contributed by atoms with Crippen molar-refractivity contribution in [2.75, 3.05) is 11.5 Å². The van der Waals surface area contributed by atoms with Gasteiger partial charge in [0.1, 0.15) is 9.84 Å². The summed E-state index contributed by atoms with van der Waals surface area (Å²) in [5.41, 5.74) is 2.18. The van der Waals surface area contributed by atoms with Crippen LogP contribution in [0.4, 0.5) is 0 Å². The van der Waals surface area contributed by atoms with Crippen LogP contribution in [0.5, 0.6) is 0 Å². The summed E-state index contributed by atoms with van der Waals surface area (Å²) < 4.78 is 23.5. The maximum atomic E-state index is 11.7. The molecule has 0 saturated heterocycles. The average Bonchev–Trinajstić information content (AvgIpc) is 2.38. The Balaban J connectivity index is 2.01. The molecule has 0 fully saturated rings. The van der Waals surface area contributed by atoms with E-state index < -0.39 is 15.9 Å². The molecule has 2 atom stereocenters. The molecule has 1 aliphatic carbocycles. The van der Waals surface area contributed by atoms with Gasteiger partial charge < -0.3 is 5.11 Å². The summed E-state index contributed by atoms with van der Waals surface area (Å²) in [6.07, 6.45) is 2.53. The molecule has 0 saturated carbocycles. The summed E-state index contributed by atoms with van der Waals surface area (Å²) in [5, 5.41) is 10.4. The monoisotopic (exact) mass is 282 g/mol. The molecular weight excluding hydrogens is 260 g/mol. The maximum Gasteiger partial charge on any atom is 0.150 e. The Bertz CT molecular complexity index is 522. The van der Waals surface area contributed by atoms with Crippen LogP contribution in [-0.2, 0) is 16.3 Å². The third kappa shape index (κ3) is 3.57. The Hall–Kier alpha value is -0.870. The zero-order valence-corrected chi connectivity index (χ0v) is 12.2. The number of hydrogen-bond donors (Lipinski definition) is 1. The number of sulfone groups is 1. The lowest BCUT2D eigenvalue weighted by atomic mass is 9.80. The van der Waals surface area contributed by atoms with E-state index in [0.717, 1.165) is 18.4 Å². The number of aryl methyl sites for hydroxylation is 1. The van der Waals surface area contributed by atoms with Gasteiger partial charge in [-0.1, -0.05) is 31.2 Å².